The average Bonchev–Trinajstić information content (AvgIpc) is 2.74. The number of thiophene rings is 1. The molecule has 1 aliphatic carbocycles. The van der Waals surface area contributed by atoms with Crippen LogP contribution in [-0.2, 0) is 16.1 Å². The van der Waals surface area contributed by atoms with Crippen molar-refractivity contribution in [1.29, 1.82) is 0 Å². The Morgan fingerprint density at radius 2 is 2.22 bits per heavy atom. The fourth-order valence-corrected chi connectivity index (χ4v) is 2.72. The smallest absolute Gasteiger partial charge is 0.345 e. The summed E-state index contributed by atoms with van der Waals surface area (Å²) in [6.07, 6.45) is 2.50. The van der Waals surface area contributed by atoms with E-state index in [0.29, 0.717) is 6.54 Å². The summed E-state index contributed by atoms with van der Waals surface area (Å²) in [7, 11) is 1.55. The molecule has 2 rings (SSSR count). The van der Waals surface area contributed by atoms with Crippen molar-refractivity contribution in [3.63, 3.8) is 0 Å². The van der Waals surface area contributed by atoms with Gasteiger partial charge < -0.3 is 15.2 Å². The lowest BCUT2D eigenvalue weighted by Gasteiger charge is -2.38. The lowest BCUT2D eigenvalue weighted by Crippen LogP contribution is -2.52. The summed E-state index contributed by atoms with van der Waals surface area (Å²) in [6.45, 7) is 0.349. The van der Waals surface area contributed by atoms with Gasteiger partial charge in [0, 0.05) is 12.0 Å². The molecule has 1 amide bonds. The zero-order valence-corrected chi connectivity index (χ0v) is 10.9. The van der Waals surface area contributed by atoms with Crippen molar-refractivity contribution in [2.75, 3.05) is 7.11 Å². The van der Waals surface area contributed by atoms with Gasteiger partial charge >= 0.3 is 5.97 Å². The summed E-state index contributed by atoms with van der Waals surface area (Å²) < 4.78 is 5.26. The van der Waals surface area contributed by atoms with E-state index in [4.69, 9.17) is 9.84 Å². The third-order valence-electron chi connectivity index (χ3n) is 3.26. The second kappa shape index (κ2) is 5.07. The number of carboxylic acids is 1. The first kappa shape index (κ1) is 13.0. The van der Waals surface area contributed by atoms with Gasteiger partial charge in [-0.3, -0.25) is 4.79 Å². The van der Waals surface area contributed by atoms with Crippen molar-refractivity contribution in [2.24, 2.45) is 0 Å². The maximum absolute atomic E-state index is 11.9. The van der Waals surface area contributed by atoms with E-state index in [-0.39, 0.29) is 10.8 Å². The molecule has 2 N–H and O–H groups in total. The van der Waals surface area contributed by atoms with E-state index in [2.05, 4.69) is 5.32 Å². The van der Waals surface area contributed by atoms with Gasteiger partial charge in [-0.05, 0) is 31.4 Å². The molecule has 6 heteroatoms. The molecule has 0 saturated heterocycles. The van der Waals surface area contributed by atoms with Gasteiger partial charge in [0.15, 0.2) is 0 Å². The molecule has 1 heterocycles. The number of carbonyl (C=O) groups is 2. The number of hydrogen-bond donors (Lipinski definition) is 2. The minimum Gasteiger partial charge on any atom is -0.477 e. The Balaban J connectivity index is 1.91. The summed E-state index contributed by atoms with van der Waals surface area (Å²) in [5.74, 6) is -1.05. The SMILES string of the molecule is COC1(C(=O)NCc2ccc(C(=O)O)s2)CCC1. The second-order valence-electron chi connectivity index (χ2n) is 4.31. The van der Waals surface area contributed by atoms with Gasteiger partial charge in [-0.25, -0.2) is 4.79 Å². The van der Waals surface area contributed by atoms with Crippen molar-refractivity contribution in [1.82, 2.24) is 5.32 Å². The average molecular weight is 269 g/mol. The summed E-state index contributed by atoms with van der Waals surface area (Å²) in [6, 6.07) is 3.26. The van der Waals surface area contributed by atoms with Crippen molar-refractivity contribution >= 4 is 23.2 Å². The molecule has 0 radical (unpaired) electrons. The Morgan fingerprint density at radius 3 is 2.67 bits per heavy atom. The molecule has 0 atom stereocenters. The summed E-state index contributed by atoms with van der Waals surface area (Å²) in [5, 5.41) is 11.6. The Kier molecular flexibility index (Phi) is 3.68. The van der Waals surface area contributed by atoms with Crippen LogP contribution in [0.3, 0.4) is 0 Å². The number of carboxylic acid groups (broad SMARTS) is 1. The molecule has 18 heavy (non-hydrogen) atoms. The van der Waals surface area contributed by atoms with Crippen LogP contribution in [0, 0.1) is 0 Å². The molecule has 1 saturated carbocycles. The second-order valence-corrected chi connectivity index (χ2v) is 5.47. The first-order valence-corrected chi connectivity index (χ1v) is 6.54. The van der Waals surface area contributed by atoms with Crippen LogP contribution in [0.15, 0.2) is 12.1 Å². The van der Waals surface area contributed by atoms with Gasteiger partial charge in [0.1, 0.15) is 10.5 Å². The largest absolute Gasteiger partial charge is 0.477 e. The molecule has 1 aliphatic rings. The molecule has 0 bridgehead atoms. The molecular weight excluding hydrogens is 254 g/mol. The standard InChI is InChI=1S/C12H15NO4S/c1-17-12(5-2-6-12)11(16)13-7-8-3-4-9(18-8)10(14)15/h3-4H,2,5-7H2,1H3,(H,13,16)(H,14,15). The maximum atomic E-state index is 11.9. The predicted molar refractivity (Wildman–Crippen MR) is 66.7 cm³/mol. The number of rotatable bonds is 5. The van der Waals surface area contributed by atoms with Crippen molar-refractivity contribution in [3.8, 4) is 0 Å². The monoisotopic (exact) mass is 269 g/mol. The molecular formula is C12H15NO4S. The first-order chi connectivity index (χ1) is 8.57. The molecule has 1 aromatic rings. The Morgan fingerprint density at radius 1 is 1.50 bits per heavy atom. The summed E-state index contributed by atoms with van der Waals surface area (Å²) >= 11 is 1.17. The summed E-state index contributed by atoms with van der Waals surface area (Å²) in [4.78, 5) is 23.8. The van der Waals surface area contributed by atoms with Crippen LogP contribution in [0.4, 0.5) is 0 Å². The molecule has 0 aliphatic heterocycles. The number of ether oxygens (including phenoxy) is 1. The van der Waals surface area contributed by atoms with Crippen LogP contribution in [-0.4, -0.2) is 29.7 Å². The maximum Gasteiger partial charge on any atom is 0.345 e. The topological polar surface area (TPSA) is 75.6 Å². The number of methoxy groups -OCH3 is 1. The van der Waals surface area contributed by atoms with Gasteiger partial charge in [-0.15, -0.1) is 11.3 Å². The highest BCUT2D eigenvalue weighted by Crippen LogP contribution is 2.35. The molecule has 0 spiro atoms. The van der Waals surface area contributed by atoms with E-state index in [0.717, 1.165) is 24.1 Å². The van der Waals surface area contributed by atoms with E-state index >= 15 is 0 Å². The van der Waals surface area contributed by atoms with Crippen molar-refractivity contribution in [2.45, 2.75) is 31.4 Å². The quantitative estimate of drug-likeness (QED) is 0.852. The van der Waals surface area contributed by atoms with Crippen molar-refractivity contribution < 1.29 is 19.4 Å². The predicted octanol–water partition coefficient (Wildman–Crippen LogP) is 1.63. The fourth-order valence-electron chi connectivity index (χ4n) is 1.94. The third-order valence-corrected chi connectivity index (χ3v) is 4.33. The minimum atomic E-state index is -0.940. The van der Waals surface area contributed by atoms with E-state index in [1.807, 2.05) is 0 Å². The van der Waals surface area contributed by atoms with E-state index in [1.54, 1.807) is 19.2 Å². The Hall–Kier alpha value is -1.40. The number of aromatic carboxylic acids is 1. The molecule has 0 unspecified atom stereocenters. The first-order valence-electron chi connectivity index (χ1n) is 5.73. The Labute approximate surface area is 109 Å². The van der Waals surface area contributed by atoms with E-state index in [9.17, 15) is 9.59 Å². The van der Waals surface area contributed by atoms with Crippen LogP contribution in [0.5, 0.6) is 0 Å². The fraction of sp³-hybridized carbons (Fsp3) is 0.500. The van der Waals surface area contributed by atoms with Crippen LogP contribution >= 0.6 is 11.3 Å². The molecule has 0 aromatic carbocycles. The highest BCUT2D eigenvalue weighted by molar-refractivity contribution is 7.13. The molecule has 1 aromatic heterocycles. The van der Waals surface area contributed by atoms with Crippen LogP contribution in [0.1, 0.15) is 33.8 Å². The normalized spacial score (nSPS) is 16.9. The minimum absolute atomic E-state index is 0.110. The molecule has 5 nitrogen and oxygen atoms in total. The lowest BCUT2D eigenvalue weighted by molar-refractivity contribution is -0.154. The number of nitrogens with one attached hydrogen (secondary N) is 1. The number of amides is 1. The zero-order valence-electron chi connectivity index (χ0n) is 10.1. The number of hydrogen-bond acceptors (Lipinski definition) is 4. The lowest BCUT2D eigenvalue weighted by atomic mass is 9.79. The van der Waals surface area contributed by atoms with Crippen LogP contribution in [0.25, 0.3) is 0 Å². The van der Waals surface area contributed by atoms with E-state index in [1.165, 1.54) is 11.3 Å². The highest BCUT2D eigenvalue weighted by Gasteiger charge is 2.44. The van der Waals surface area contributed by atoms with Gasteiger partial charge in [-0.1, -0.05) is 0 Å². The van der Waals surface area contributed by atoms with Gasteiger partial charge in [0.2, 0.25) is 0 Å². The number of carbonyl (C=O) groups excluding carboxylic acids is 1. The molecule has 98 valence electrons. The van der Waals surface area contributed by atoms with Crippen LogP contribution in [0.2, 0.25) is 0 Å². The van der Waals surface area contributed by atoms with E-state index < -0.39 is 11.6 Å². The summed E-state index contributed by atoms with van der Waals surface area (Å²) in [5.41, 5.74) is -0.660. The molecule has 1 fully saturated rings. The van der Waals surface area contributed by atoms with Crippen LogP contribution < -0.4 is 5.32 Å². The zero-order chi connectivity index (χ0) is 13.2. The highest BCUT2D eigenvalue weighted by atomic mass is 32.1. The van der Waals surface area contributed by atoms with Crippen molar-refractivity contribution in [3.05, 3.63) is 21.9 Å². The Bertz CT molecular complexity index is 459. The van der Waals surface area contributed by atoms with Gasteiger partial charge in [0.25, 0.3) is 5.91 Å². The van der Waals surface area contributed by atoms with Gasteiger partial charge in [0.05, 0.1) is 6.54 Å². The third kappa shape index (κ3) is 2.39. The van der Waals surface area contributed by atoms with Gasteiger partial charge in [-0.2, -0.15) is 0 Å².